The molecule has 0 fully saturated rings. The van der Waals surface area contributed by atoms with E-state index in [-0.39, 0.29) is 49.4 Å². The van der Waals surface area contributed by atoms with Gasteiger partial charge in [0.05, 0.1) is 22.0 Å². The Hall–Kier alpha value is -4.40. The summed E-state index contributed by atoms with van der Waals surface area (Å²) in [7, 11) is -4.08. The largest absolute Gasteiger partial charge is 0.489 e. The molecule has 14 heteroatoms. The molecule has 0 aliphatic carbocycles. The third kappa shape index (κ3) is 8.34. The van der Waals surface area contributed by atoms with Crippen LogP contribution >= 0.6 is 0 Å². The quantitative estimate of drug-likeness (QED) is 0.179. The molecule has 0 saturated carbocycles. The molecular formula is C29H33N3O10S. The van der Waals surface area contributed by atoms with Gasteiger partial charge in [-0.3, -0.25) is 10.1 Å². The number of hydrogen-bond acceptors (Lipinski definition) is 9. The van der Waals surface area contributed by atoms with Crippen LogP contribution in [0.5, 0.6) is 17.2 Å². The minimum absolute atomic E-state index is 0.0132. The molecule has 4 rings (SSSR count). The second-order valence-electron chi connectivity index (χ2n) is 10.4. The van der Waals surface area contributed by atoms with Gasteiger partial charge in [-0.1, -0.05) is 38.1 Å². The van der Waals surface area contributed by atoms with Gasteiger partial charge in [0, 0.05) is 31.3 Å². The fourth-order valence-electron chi connectivity index (χ4n) is 4.54. The van der Waals surface area contributed by atoms with Crippen LogP contribution in [0.1, 0.15) is 25.0 Å². The lowest BCUT2D eigenvalue weighted by atomic mass is 10.0. The monoisotopic (exact) mass is 615 g/mol. The topological polar surface area (TPSA) is 178 Å². The van der Waals surface area contributed by atoms with Gasteiger partial charge in [0.15, 0.2) is 11.5 Å². The average Bonchev–Trinajstić information content (AvgIpc) is 3.44. The Labute approximate surface area is 248 Å². The van der Waals surface area contributed by atoms with E-state index in [0.717, 1.165) is 4.31 Å². The lowest BCUT2D eigenvalue weighted by Crippen LogP contribution is -2.50. The molecule has 1 heterocycles. The van der Waals surface area contributed by atoms with Gasteiger partial charge in [-0.15, -0.1) is 0 Å². The number of nitrogens with zero attached hydrogens (tertiary/aromatic N) is 2. The minimum Gasteiger partial charge on any atom is -0.489 e. The number of nitrogens with one attached hydrogen (secondary N) is 1. The predicted octanol–water partition coefficient (Wildman–Crippen LogP) is 3.79. The number of rotatable bonds is 14. The lowest BCUT2D eigenvalue weighted by Gasteiger charge is -2.30. The fourth-order valence-corrected chi connectivity index (χ4v) is 6.18. The highest BCUT2D eigenvalue weighted by molar-refractivity contribution is 7.89. The molecule has 3 aromatic carbocycles. The number of aliphatic hydroxyl groups is 1. The van der Waals surface area contributed by atoms with Crippen LogP contribution < -0.4 is 19.5 Å². The number of carboxylic acid groups (broad SMARTS) is 1. The highest BCUT2D eigenvalue weighted by Crippen LogP contribution is 2.35. The number of fused-ring (bicyclic) bond motifs is 1. The van der Waals surface area contributed by atoms with Crippen LogP contribution in [0.25, 0.3) is 0 Å². The van der Waals surface area contributed by atoms with Gasteiger partial charge in [-0.2, -0.15) is 4.31 Å². The second kappa shape index (κ2) is 13.7. The third-order valence-electron chi connectivity index (χ3n) is 6.62. The molecule has 1 amide bonds. The zero-order valence-electron chi connectivity index (χ0n) is 23.6. The maximum Gasteiger partial charge on any atom is 0.404 e. The molecule has 3 aromatic rings. The smallest absolute Gasteiger partial charge is 0.404 e. The van der Waals surface area contributed by atoms with Gasteiger partial charge >= 0.3 is 6.09 Å². The fraction of sp³-hybridized carbons (Fsp3) is 0.345. The molecular weight excluding hydrogens is 582 g/mol. The Kier molecular flexibility index (Phi) is 10.1. The Bertz CT molecular complexity index is 1550. The van der Waals surface area contributed by atoms with Crippen molar-refractivity contribution in [3.05, 3.63) is 88.0 Å². The van der Waals surface area contributed by atoms with E-state index < -0.39 is 33.2 Å². The predicted molar refractivity (Wildman–Crippen MR) is 155 cm³/mol. The van der Waals surface area contributed by atoms with Crippen molar-refractivity contribution in [1.82, 2.24) is 9.62 Å². The highest BCUT2D eigenvalue weighted by Gasteiger charge is 2.32. The molecule has 2 atom stereocenters. The number of ether oxygens (including phenoxy) is 3. The van der Waals surface area contributed by atoms with Crippen molar-refractivity contribution in [1.29, 1.82) is 0 Å². The van der Waals surface area contributed by atoms with Crippen molar-refractivity contribution in [2.24, 2.45) is 5.92 Å². The van der Waals surface area contributed by atoms with E-state index in [4.69, 9.17) is 14.2 Å². The molecule has 0 saturated heterocycles. The molecule has 0 bridgehead atoms. The number of non-ortho nitro benzene ring substituents is 1. The molecule has 0 spiro atoms. The summed E-state index contributed by atoms with van der Waals surface area (Å²) in [4.78, 5) is 22.1. The number of nitro benzene ring substituents is 1. The van der Waals surface area contributed by atoms with Crippen molar-refractivity contribution in [3.63, 3.8) is 0 Å². The molecule has 3 N–H and O–H groups in total. The molecule has 0 unspecified atom stereocenters. The molecule has 43 heavy (non-hydrogen) atoms. The summed E-state index contributed by atoms with van der Waals surface area (Å²) < 4.78 is 44.6. The van der Waals surface area contributed by atoms with E-state index >= 15 is 0 Å². The number of nitro groups is 1. The molecule has 230 valence electrons. The zero-order chi connectivity index (χ0) is 31.1. The lowest BCUT2D eigenvalue weighted by molar-refractivity contribution is -0.384. The summed E-state index contributed by atoms with van der Waals surface area (Å²) in [6.07, 6.45) is -2.68. The van der Waals surface area contributed by atoms with Gasteiger partial charge in [0.25, 0.3) is 5.69 Å². The first kappa shape index (κ1) is 31.5. The van der Waals surface area contributed by atoms with Crippen LogP contribution in [0.3, 0.4) is 0 Å². The van der Waals surface area contributed by atoms with Crippen molar-refractivity contribution in [2.45, 2.75) is 43.9 Å². The van der Waals surface area contributed by atoms with Gasteiger partial charge < -0.3 is 29.7 Å². The summed E-state index contributed by atoms with van der Waals surface area (Å²) >= 11 is 0. The average molecular weight is 616 g/mol. The number of benzene rings is 3. The van der Waals surface area contributed by atoms with Crippen molar-refractivity contribution in [2.75, 3.05) is 19.9 Å². The van der Waals surface area contributed by atoms with Crippen molar-refractivity contribution < 1.29 is 42.6 Å². The number of amides is 1. The van der Waals surface area contributed by atoms with Gasteiger partial charge in [0.2, 0.25) is 16.8 Å². The van der Waals surface area contributed by atoms with Crippen LogP contribution in [-0.2, 0) is 23.1 Å². The van der Waals surface area contributed by atoms with Crippen molar-refractivity contribution >= 4 is 21.8 Å². The summed E-state index contributed by atoms with van der Waals surface area (Å²) in [5.41, 5.74) is 1.24. The molecule has 13 nitrogen and oxygen atoms in total. The maximum atomic E-state index is 13.6. The third-order valence-corrected chi connectivity index (χ3v) is 8.45. The van der Waals surface area contributed by atoms with E-state index in [1.807, 2.05) is 13.8 Å². The standard InChI is InChI=1S/C29H33N3O10S/c1-19(2)15-31(43(38,39)24-10-11-27-28(14-24)42-18-41-27)16-26(33)25(30-29(34)35)13-20-6-8-23(9-7-20)40-17-21-4-3-5-22(12-21)32(36)37/h3-12,14,19,25-26,30,33H,13,15-18H2,1-2H3,(H,34,35)/t25-,26-/m0/s1. The number of hydrogen-bond donors (Lipinski definition) is 3. The van der Waals surface area contributed by atoms with E-state index in [9.17, 15) is 33.5 Å². The second-order valence-corrected chi connectivity index (χ2v) is 12.4. The minimum atomic E-state index is -4.08. The van der Waals surface area contributed by atoms with Crippen LogP contribution in [0, 0.1) is 16.0 Å². The maximum absolute atomic E-state index is 13.6. The first-order valence-corrected chi connectivity index (χ1v) is 14.9. The highest BCUT2D eigenvalue weighted by atomic mass is 32.2. The van der Waals surface area contributed by atoms with E-state index in [2.05, 4.69) is 5.32 Å². The zero-order valence-corrected chi connectivity index (χ0v) is 24.4. The normalized spacial score (nSPS) is 14.0. The number of aliphatic hydroxyl groups excluding tert-OH is 1. The Morgan fingerprint density at radius 1 is 1.05 bits per heavy atom. The molecule has 0 aromatic heterocycles. The van der Waals surface area contributed by atoms with Crippen LogP contribution in [0.15, 0.2) is 71.6 Å². The molecule has 1 aliphatic rings. The van der Waals surface area contributed by atoms with Crippen molar-refractivity contribution in [3.8, 4) is 17.2 Å². The molecule has 0 radical (unpaired) electrons. The molecule has 1 aliphatic heterocycles. The Balaban J connectivity index is 1.45. The van der Waals surface area contributed by atoms with Gasteiger partial charge in [0.1, 0.15) is 12.4 Å². The number of carbonyl (C=O) groups is 1. The van der Waals surface area contributed by atoms with Crippen LogP contribution in [0.2, 0.25) is 0 Å². The van der Waals surface area contributed by atoms with E-state index in [0.29, 0.717) is 28.4 Å². The van der Waals surface area contributed by atoms with E-state index in [1.165, 1.54) is 30.3 Å². The Morgan fingerprint density at radius 3 is 2.44 bits per heavy atom. The summed E-state index contributed by atoms with van der Waals surface area (Å²) in [5.74, 6) is 1.13. The van der Waals surface area contributed by atoms with Crippen LogP contribution in [0.4, 0.5) is 10.5 Å². The van der Waals surface area contributed by atoms with Gasteiger partial charge in [-0.25, -0.2) is 13.2 Å². The number of sulfonamides is 1. The first-order valence-electron chi connectivity index (χ1n) is 13.4. The Morgan fingerprint density at radius 2 is 1.77 bits per heavy atom. The summed E-state index contributed by atoms with van der Waals surface area (Å²) in [5, 5.41) is 33.9. The summed E-state index contributed by atoms with van der Waals surface area (Å²) in [6.45, 7) is 3.50. The summed E-state index contributed by atoms with van der Waals surface area (Å²) in [6, 6.07) is 16.0. The van der Waals surface area contributed by atoms with Gasteiger partial charge in [-0.05, 0) is 47.7 Å². The van der Waals surface area contributed by atoms with Crippen LogP contribution in [-0.4, -0.2) is 66.0 Å². The first-order chi connectivity index (χ1) is 20.4. The SMILES string of the molecule is CC(C)CN(C[C@H](O)[C@H](Cc1ccc(OCc2cccc([N+](=O)[O-])c2)cc1)NC(=O)O)S(=O)(=O)c1ccc2c(c1)OCO2. The van der Waals surface area contributed by atoms with E-state index in [1.54, 1.807) is 36.4 Å².